The summed E-state index contributed by atoms with van der Waals surface area (Å²) in [6.45, 7) is 0. The Labute approximate surface area is 111 Å². The highest BCUT2D eigenvalue weighted by atomic mass is 16.5. The first-order valence-corrected chi connectivity index (χ1v) is 6.07. The Morgan fingerprint density at radius 3 is 2.63 bits per heavy atom. The van der Waals surface area contributed by atoms with Gasteiger partial charge in [0.05, 0.1) is 26.4 Å². The number of methoxy groups -OCH3 is 3. The molecule has 0 fully saturated rings. The van der Waals surface area contributed by atoms with Gasteiger partial charge in [-0.25, -0.2) is 0 Å². The number of hydrogen-bond donors (Lipinski definition) is 0. The summed E-state index contributed by atoms with van der Waals surface area (Å²) in [6.07, 6.45) is 1.52. The molecule has 2 rings (SSSR count). The van der Waals surface area contributed by atoms with E-state index in [-0.39, 0.29) is 12.1 Å². The summed E-state index contributed by atoms with van der Waals surface area (Å²) in [4.78, 5) is 2.93. The summed E-state index contributed by atoms with van der Waals surface area (Å²) in [5.41, 5.74) is 10.7. The third-order valence-electron chi connectivity index (χ3n) is 3.50. The summed E-state index contributed by atoms with van der Waals surface area (Å²) >= 11 is 0. The smallest absolute Gasteiger partial charge is 0.126 e. The van der Waals surface area contributed by atoms with Gasteiger partial charge in [0.1, 0.15) is 11.5 Å². The third-order valence-corrected chi connectivity index (χ3v) is 3.50. The summed E-state index contributed by atoms with van der Waals surface area (Å²) < 4.78 is 16.1. The van der Waals surface area contributed by atoms with Crippen molar-refractivity contribution in [2.45, 2.75) is 25.0 Å². The number of rotatable bonds is 4. The number of benzene rings is 1. The van der Waals surface area contributed by atoms with Gasteiger partial charge in [-0.3, -0.25) is 0 Å². The molecule has 0 saturated carbocycles. The van der Waals surface area contributed by atoms with Crippen molar-refractivity contribution in [3.8, 4) is 11.5 Å². The van der Waals surface area contributed by atoms with E-state index in [1.165, 1.54) is 0 Å². The summed E-state index contributed by atoms with van der Waals surface area (Å²) in [5.74, 6) is 1.45. The molecular formula is C13H17N3O3. The predicted octanol–water partition coefficient (Wildman–Crippen LogP) is 3.02. The predicted molar refractivity (Wildman–Crippen MR) is 70.6 cm³/mol. The van der Waals surface area contributed by atoms with Crippen LogP contribution in [0.1, 0.15) is 23.6 Å². The van der Waals surface area contributed by atoms with Crippen LogP contribution in [0.5, 0.6) is 11.5 Å². The van der Waals surface area contributed by atoms with Gasteiger partial charge in [0, 0.05) is 18.1 Å². The Morgan fingerprint density at radius 1 is 1.26 bits per heavy atom. The molecule has 0 spiro atoms. The molecule has 19 heavy (non-hydrogen) atoms. The number of azide groups is 1. The van der Waals surface area contributed by atoms with Gasteiger partial charge in [0.2, 0.25) is 0 Å². The van der Waals surface area contributed by atoms with Crippen LogP contribution >= 0.6 is 0 Å². The molecule has 0 heterocycles. The zero-order valence-corrected chi connectivity index (χ0v) is 11.3. The van der Waals surface area contributed by atoms with E-state index in [4.69, 9.17) is 19.7 Å². The van der Waals surface area contributed by atoms with Crippen LogP contribution in [-0.4, -0.2) is 27.4 Å². The molecule has 1 aliphatic carbocycles. The van der Waals surface area contributed by atoms with Gasteiger partial charge in [-0.2, -0.15) is 0 Å². The lowest BCUT2D eigenvalue weighted by Gasteiger charge is -2.30. The highest BCUT2D eigenvalue weighted by molar-refractivity contribution is 5.49. The van der Waals surface area contributed by atoms with Crippen LogP contribution in [-0.2, 0) is 11.2 Å². The lowest BCUT2D eigenvalue weighted by atomic mass is 9.85. The summed E-state index contributed by atoms with van der Waals surface area (Å²) in [5, 5.41) is 3.87. The van der Waals surface area contributed by atoms with Crippen molar-refractivity contribution >= 4 is 0 Å². The van der Waals surface area contributed by atoms with Crippen molar-refractivity contribution in [2.24, 2.45) is 5.11 Å². The minimum absolute atomic E-state index is 0.111. The lowest BCUT2D eigenvalue weighted by molar-refractivity contribution is 0.0675. The second-order valence-corrected chi connectivity index (χ2v) is 4.36. The second kappa shape index (κ2) is 5.82. The SMILES string of the molecule is COc1cc(OC)c2c(c1)[C@H](N=[N+]=[N-])[C@H](OC)CC2. The molecule has 1 aromatic rings. The molecule has 1 aliphatic rings. The third kappa shape index (κ3) is 2.45. The lowest BCUT2D eigenvalue weighted by Crippen LogP contribution is -2.26. The van der Waals surface area contributed by atoms with E-state index in [1.54, 1.807) is 21.3 Å². The van der Waals surface area contributed by atoms with Gasteiger partial charge in [-0.15, -0.1) is 0 Å². The topological polar surface area (TPSA) is 76.5 Å². The van der Waals surface area contributed by atoms with E-state index < -0.39 is 0 Å². The van der Waals surface area contributed by atoms with Crippen molar-refractivity contribution in [2.75, 3.05) is 21.3 Å². The normalized spacial score (nSPS) is 21.2. The quantitative estimate of drug-likeness (QED) is 0.476. The highest BCUT2D eigenvalue weighted by Crippen LogP contribution is 2.41. The Bertz CT molecular complexity index is 512. The van der Waals surface area contributed by atoms with Crippen LogP contribution < -0.4 is 9.47 Å². The summed E-state index contributed by atoms with van der Waals surface area (Å²) in [6, 6.07) is 3.39. The van der Waals surface area contributed by atoms with Crippen molar-refractivity contribution in [1.29, 1.82) is 0 Å². The van der Waals surface area contributed by atoms with Gasteiger partial charge >= 0.3 is 0 Å². The Kier molecular flexibility index (Phi) is 4.14. The maximum atomic E-state index is 8.75. The maximum absolute atomic E-state index is 8.75. The molecule has 1 aromatic carbocycles. The molecule has 0 radical (unpaired) electrons. The molecule has 0 aromatic heterocycles. The van der Waals surface area contributed by atoms with E-state index >= 15 is 0 Å². The molecule has 0 unspecified atom stereocenters. The molecule has 0 bridgehead atoms. The van der Waals surface area contributed by atoms with Crippen LogP contribution in [0.4, 0.5) is 0 Å². The van der Waals surface area contributed by atoms with E-state index in [0.717, 1.165) is 29.7 Å². The maximum Gasteiger partial charge on any atom is 0.126 e. The van der Waals surface area contributed by atoms with Crippen LogP contribution in [0, 0.1) is 0 Å². The average molecular weight is 263 g/mol. The second-order valence-electron chi connectivity index (χ2n) is 4.36. The Hall–Kier alpha value is -1.91. The zero-order chi connectivity index (χ0) is 13.8. The molecular weight excluding hydrogens is 246 g/mol. The van der Waals surface area contributed by atoms with Gasteiger partial charge < -0.3 is 14.2 Å². The van der Waals surface area contributed by atoms with E-state index in [1.807, 2.05) is 12.1 Å². The molecule has 2 atom stereocenters. The van der Waals surface area contributed by atoms with E-state index in [0.29, 0.717) is 5.75 Å². The van der Waals surface area contributed by atoms with Crippen molar-refractivity contribution in [1.82, 2.24) is 0 Å². The first-order valence-electron chi connectivity index (χ1n) is 6.07. The largest absolute Gasteiger partial charge is 0.497 e. The van der Waals surface area contributed by atoms with Gasteiger partial charge in [0.25, 0.3) is 0 Å². The number of ether oxygens (including phenoxy) is 3. The van der Waals surface area contributed by atoms with Crippen molar-refractivity contribution < 1.29 is 14.2 Å². The molecule has 0 aliphatic heterocycles. The first-order chi connectivity index (χ1) is 9.24. The molecule has 102 valence electrons. The monoisotopic (exact) mass is 263 g/mol. The number of fused-ring (bicyclic) bond motifs is 1. The molecule has 0 saturated heterocycles. The Balaban J connectivity index is 2.56. The van der Waals surface area contributed by atoms with Crippen LogP contribution in [0.3, 0.4) is 0 Å². The zero-order valence-electron chi connectivity index (χ0n) is 11.3. The molecule has 6 nitrogen and oxygen atoms in total. The Morgan fingerprint density at radius 2 is 2.05 bits per heavy atom. The molecule has 6 heteroatoms. The van der Waals surface area contributed by atoms with E-state index in [9.17, 15) is 0 Å². The fourth-order valence-electron chi connectivity index (χ4n) is 2.56. The number of hydrogen-bond acceptors (Lipinski definition) is 4. The average Bonchev–Trinajstić information content (AvgIpc) is 2.46. The summed E-state index contributed by atoms with van der Waals surface area (Å²) in [7, 11) is 4.85. The van der Waals surface area contributed by atoms with Crippen LogP contribution in [0.25, 0.3) is 10.4 Å². The van der Waals surface area contributed by atoms with Crippen molar-refractivity contribution in [3.05, 3.63) is 33.7 Å². The fourth-order valence-corrected chi connectivity index (χ4v) is 2.56. The van der Waals surface area contributed by atoms with Crippen LogP contribution in [0.2, 0.25) is 0 Å². The minimum atomic E-state index is -0.345. The van der Waals surface area contributed by atoms with Gasteiger partial charge in [-0.1, -0.05) is 5.11 Å². The van der Waals surface area contributed by atoms with E-state index in [2.05, 4.69) is 10.0 Å². The van der Waals surface area contributed by atoms with Crippen LogP contribution in [0.15, 0.2) is 17.2 Å². The molecule has 0 amide bonds. The molecule has 0 N–H and O–H groups in total. The van der Waals surface area contributed by atoms with Crippen molar-refractivity contribution in [3.63, 3.8) is 0 Å². The standard InChI is InChI=1S/C13H17N3O3/c1-17-8-6-10-9(12(7-8)19-3)4-5-11(18-2)13(10)15-16-14/h6-7,11,13H,4-5H2,1-3H3/t11-,13+/m1/s1. The minimum Gasteiger partial charge on any atom is -0.497 e. The number of nitrogens with zero attached hydrogens (tertiary/aromatic N) is 3. The van der Waals surface area contributed by atoms with Gasteiger partial charge in [0.15, 0.2) is 0 Å². The van der Waals surface area contributed by atoms with Gasteiger partial charge in [-0.05, 0) is 35.6 Å². The fraction of sp³-hybridized carbons (Fsp3) is 0.538. The first kappa shape index (κ1) is 13.5. The highest BCUT2D eigenvalue weighted by Gasteiger charge is 2.31.